The van der Waals surface area contributed by atoms with Crippen LogP contribution in [0.15, 0.2) is 6.07 Å². The molecule has 0 atom stereocenters. The van der Waals surface area contributed by atoms with E-state index in [0.29, 0.717) is 11.7 Å². The van der Waals surface area contributed by atoms with Crippen LogP contribution in [-0.2, 0) is 6.42 Å². The molecule has 0 spiro atoms. The molecule has 1 aromatic heterocycles. The highest BCUT2D eigenvalue weighted by molar-refractivity contribution is 6.29. The number of hydrogen-bond donors (Lipinski definition) is 2. The number of aryl methyl sites for hydroxylation is 1. The summed E-state index contributed by atoms with van der Waals surface area (Å²) in [6.45, 7) is 0.705. The Morgan fingerprint density at radius 3 is 3.00 bits per heavy atom. The van der Waals surface area contributed by atoms with Crippen LogP contribution >= 0.6 is 11.6 Å². The number of halogens is 1. The fourth-order valence-electron chi connectivity index (χ4n) is 0.754. The first-order valence-electron chi connectivity index (χ1n) is 3.23. The Hall–Kier alpha value is -0.540. The summed E-state index contributed by atoms with van der Waals surface area (Å²) >= 11 is 5.57. The Balaban J connectivity index is 2.42. The summed E-state index contributed by atoms with van der Waals surface area (Å²) in [6.07, 6.45) is 1.90. The van der Waals surface area contributed by atoms with Gasteiger partial charge in [0.2, 0.25) is 0 Å². The van der Waals surface area contributed by atoms with Crippen LogP contribution in [0.5, 0.6) is 0 Å². The molecule has 1 heterocycles. The van der Waals surface area contributed by atoms with Gasteiger partial charge in [-0.15, -0.1) is 0 Å². The Morgan fingerprint density at radius 2 is 2.50 bits per heavy atom. The van der Waals surface area contributed by atoms with Gasteiger partial charge in [0, 0.05) is 5.69 Å². The van der Waals surface area contributed by atoms with Gasteiger partial charge in [-0.3, -0.25) is 5.10 Å². The van der Waals surface area contributed by atoms with Gasteiger partial charge in [0.05, 0.1) is 0 Å². The van der Waals surface area contributed by atoms with Gasteiger partial charge in [-0.1, -0.05) is 11.6 Å². The van der Waals surface area contributed by atoms with E-state index in [4.69, 9.17) is 17.3 Å². The summed E-state index contributed by atoms with van der Waals surface area (Å²) in [4.78, 5) is 0. The molecule has 1 aromatic rings. The summed E-state index contributed by atoms with van der Waals surface area (Å²) in [5.74, 6) is 0. The molecule has 0 unspecified atom stereocenters. The molecule has 0 saturated carbocycles. The van der Waals surface area contributed by atoms with E-state index in [1.807, 2.05) is 6.07 Å². The minimum absolute atomic E-state index is 0.520. The van der Waals surface area contributed by atoms with Gasteiger partial charge in [-0.25, -0.2) is 0 Å². The van der Waals surface area contributed by atoms with Crippen molar-refractivity contribution >= 4 is 11.6 Å². The Bertz CT molecular complexity index is 197. The van der Waals surface area contributed by atoms with Crippen LogP contribution in [0.2, 0.25) is 5.15 Å². The highest BCUT2D eigenvalue weighted by Gasteiger charge is 1.95. The highest BCUT2D eigenvalue weighted by atomic mass is 35.5. The molecule has 56 valence electrons. The molecule has 0 aromatic carbocycles. The number of hydrogen-bond acceptors (Lipinski definition) is 2. The van der Waals surface area contributed by atoms with Crippen LogP contribution < -0.4 is 5.73 Å². The van der Waals surface area contributed by atoms with Gasteiger partial charge in [0.15, 0.2) is 5.15 Å². The van der Waals surface area contributed by atoms with Gasteiger partial charge in [0.1, 0.15) is 0 Å². The number of nitrogens with zero attached hydrogens (tertiary/aromatic N) is 1. The average molecular weight is 160 g/mol. The molecule has 3 N–H and O–H groups in total. The third kappa shape index (κ3) is 2.01. The maximum absolute atomic E-state index is 5.57. The fourth-order valence-corrected chi connectivity index (χ4v) is 0.928. The molecular formula is C6H10ClN3. The van der Waals surface area contributed by atoms with Gasteiger partial charge in [-0.2, -0.15) is 5.10 Å². The first kappa shape index (κ1) is 7.57. The van der Waals surface area contributed by atoms with Crippen molar-refractivity contribution in [1.29, 1.82) is 0 Å². The molecule has 1 rings (SSSR count). The second-order valence-electron chi connectivity index (χ2n) is 2.11. The van der Waals surface area contributed by atoms with Crippen LogP contribution in [0.1, 0.15) is 12.1 Å². The van der Waals surface area contributed by atoms with Crippen LogP contribution in [0.4, 0.5) is 0 Å². The smallest absolute Gasteiger partial charge is 0.151 e. The molecule has 0 aliphatic rings. The van der Waals surface area contributed by atoms with Crippen LogP contribution in [0.25, 0.3) is 0 Å². The van der Waals surface area contributed by atoms with Crippen LogP contribution in [0, 0.1) is 0 Å². The van der Waals surface area contributed by atoms with E-state index < -0.39 is 0 Å². The number of aromatic amines is 1. The third-order valence-electron chi connectivity index (χ3n) is 1.25. The number of aromatic nitrogens is 2. The molecule has 10 heavy (non-hydrogen) atoms. The number of nitrogens with one attached hydrogen (secondary N) is 1. The quantitative estimate of drug-likeness (QED) is 0.690. The van der Waals surface area contributed by atoms with Crippen molar-refractivity contribution in [3.05, 3.63) is 16.9 Å². The molecule has 0 aliphatic heterocycles. The van der Waals surface area contributed by atoms with Crippen LogP contribution in [0.3, 0.4) is 0 Å². The van der Waals surface area contributed by atoms with E-state index >= 15 is 0 Å². The van der Waals surface area contributed by atoms with Gasteiger partial charge < -0.3 is 5.73 Å². The van der Waals surface area contributed by atoms with E-state index in [1.165, 1.54) is 0 Å². The van der Waals surface area contributed by atoms with E-state index in [-0.39, 0.29) is 0 Å². The Morgan fingerprint density at radius 1 is 1.70 bits per heavy atom. The van der Waals surface area contributed by atoms with Crippen molar-refractivity contribution in [1.82, 2.24) is 10.2 Å². The summed E-state index contributed by atoms with van der Waals surface area (Å²) < 4.78 is 0. The number of H-pyrrole nitrogens is 1. The molecule has 0 saturated heterocycles. The second-order valence-corrected chi connectivity index (χ2v) is 2.50. The molecule has 0 aliphatic carbocycles. The topological polar surface area (TPSA) is 54.7 Å². The maximum atomic E-state index is 5.57. The Kier molecular flexibility index (Phi) is 2.71. The molecular weight excluding hydrogens is 150 g/mol. The summed E-state index contributed by atoms with van der Waals surface area (Å²) in [6, 6.07) is 1.82. The van der Waals surface area contributed by atoms with Crippen molar-refractivity contribution in [2.75, 3.05) is 6.54 Å². The zero-order chi connectivity index (χ0) is 7.40. The van der Waals surface area contributed by atoms with Crippen molar-refractivity contribution < 1.29 is 0 Å². The number of nitrogens with two attached hydrogens (primary N) is 1. The van der Waals surface area contributed by atoms with Crippen LogP contribution in [-0.4, -0.2) is 16.7 Å². The SMILES string of the molecule is NCCCc1cc(Cl)n[nH]1. The number of rotatable bonds is 3. The monoisotopic (exact) mass is 159 g/mol. The minimum Gasteiger partial charge on any atom is -0.330 e. The first-order valence-corrected chi connectivity index (χ1v) is 3.60. The summed E-state index contributed by atoms with van der Waals surface area (Å²) in [5.41, 5.74) is 6.37. The molecule has 0 radical (unpaired) electrons. The van der Waals surface area contributed by atoms with Gasteiger partial charge in [0.25, 0.3) is 0 Å². The predicted octanol–water partition coefficient (Wildman–Crippen LogP) is 0.954. The average Bonchev–Trinajstić information content (AvgIpc) is 2.31. The first-order chi connectivity index (χ1) is 4.83. The standard InChI is InChI=1S/C6H10ClN3/c7-6-4-5(9-10-6)2-1-3-8/h4H,1-3,8H2,(H,9,10). The lowest BCUT2D eigenvalue weighted by Crippen LogP contribution is -2.00. The normalized spacial score (nSPS) is 10.2. The second kappa shape index (κ2) is 3.58. The lowest BCUT2D eigenvalue weighted by molar-refractivity contribution is 0.804. The largest absolute Gasteiger partial charge is 0.330 e. The van der Waals surface area contributed by atoms with Crippen molar-refractivity contribution in [2.24, 2.45) is 5.73 Å². The molecule has 0 fully saturated rings. The summed E-state index contributed by atoms with van der Waals surface area (Å²) in [5, 5.41) is 7.09. The van der Waals surface area contributed by atoms with Crippen molar-refractivity contribution in [3.63, 3.8) is 0 Å². The van der Waals surface area contributed by atoms with Crippen molar-refractivity contribution in [2.45, 2.75) is 12.8 Å². The van der Waals surface area contributed by atoms with Crippen molar-refractivity contribution in [3.8, 4) is 0 Å². The molecule has 3 nitrogen and oxygen atoms in total. The van der Waals surface area contributed by atoms with E-state index in [9.17, 15) is 0 Å². The minimum atomic E-state index is 0.520. The molecule has 0 bridgehead atoms. The lowest BCUT2D eigenvalue weighted by atomic mass is 10.2. The Labute approximate surface area is 64.6 Å². The lowest BCUT2D eigenvalue weighted by Gasteiger charge is -1.90. The van der Waals surface area contributed by atoms with Gasteiger partial charge >= 0.3 is 0 Å². The third-order valence-corrected chi connectivity index (χ3v) is 1.44. The fraction of sp³-hybridized carbons (Fsp3) is 0.500. The maximum Gasteiger partial charge on any atom is 0.151 e. The zero-order valence-corrected chi connectivity index (χ0v) is 6.36. The highest BCUT2D eigenvalue weighted by Crippen LogP contribution is 2.06. The predicted molar refractivity (Wildman–Crippen MR) is 41.0 cm³/mol. The summed E-state index contributed by atoms with van der Waals surface area (Å²) in [7, 11) is 0. The molecule has 4 heteroatoms. The van der Waals surface area contributed by atoms with Gasteiger partial charge in [-0.05, 0) is 25.5 Å². The zero-order valence-electron chi connectivity index (χ0n) is 5.60. The molecule has 0 amide bonds. The van der Waals surface area contributed by atoms with E-state index in [0.717, 1.165) is 18.5 Å². The van der Waals surface area contributed by atoms with E-state index in [1.54, 1.807) is 0 Å². The van der Waals surface area contributed by atoms with E-state index in [2.05, 4.69) is 10.2 Å².